The summed E-state index contributed by atoms with van der Waals surface area (Å²) in [5.41, 5.74) is 1.68. The lowest BCUT2D eigenvalue weighted by Gasteiger charge is -2.09. The normalized spacial score (nSPS) is 15.4. The van der Waals surface area contributed by atoms with E-state index in [2.05, 4.69) is 10.3 Å². The minimum absolute atomic E-state index is 0.193. The molecule has 2 aromatic heterocycles. The van der Waals surface area contributed by atoms with E-state index < -0.39 is 11.7 Å². The van der Waals surface area contributed by atoms with Crippen LogP contribution >= 0.6 is 0 Å². The molecule has 1 aliphatic rings. The first-order valence-electron chi connectivity index (χ1n) is 8.87. The van der Waals surface area contributed by atoms with Crippen LogP contribution in [0.2, 0.25) is 0 Å². The number of hydrogen-bond acceptors (Lipinski definition) is 2. The third-order valence-electron chi connectivity index (χ3n) is 4.92. The molecule has 4 rings (SSSR count). The highest BCUT2D eigenvalue weighted by atomic mass is 19.4. The number of pyridine rings is 1. The number of benzene rings is 1. The average molecular weight is 373 g/mol. The van der Waals surface area contributed by atoms with Crippen molar-refractivity contribution in [2.45, 2.75) is 37.9 Å². The Morgan fingerprint density at radius 1 is 1.00 bits per heavy atom. The maximum atomic E-state index is 12.7. The molecular weight excluding hydrogens is 355 g/mol. The highest BCUT2D eigenvalue weighted by Crippen LogP contribution is 2.31. The number of nitrogens with zero attached hydrogens (tertiary/aromatic N) is 2. The van der Waals surface area contributed by atoms with Gasteiger partial charge in [0.25, 0.3) is 5.91 Å². The summed E-state index contributed by atoms with van der Waals surface area (Å²) in [5.74, 6) is -0.193. The van der Waals surface area contributed by atoms with Gasteiger partial charge >= 0.3 is 6.18 Å². The van der Waals surface area contributed by atoms with Gasteiger partial charge in [0.1, 0.15) is 11.3 Å². The van der Waals surface area contributed by atoms with E-state index in [1.807, 2.05) is 0 Å². The van der Waals surface area contributed by atoms with Crippen molar-refractivity contribution in [2.75, 3.05) is 0 Å². The van der Waals surface area contributed by atoms with Gasteiger partial charge in [-0.15, -0.1) is 0 Å². The Bertz CT molecular complexity index is 970. The van der Waals surface area contributed by atoms with Gasteiger partial charge in [-0.2, -0.15) is 13.2 Å². The molecule has 0 unspecified atom stereocenters. The number of carbonyl (C=O) groups excluding carboxylic acids is 1. The topological polar surface area (TPSA) is 46.4 Å². The number of halogens is 3. The number of amides is 1. The lowest BCUT2D eigenvalue weighted by Crippen LogP contribution is -2.32. The lowest BCUT2D eigenvalue weighted by atomic mass is 10.1. The summed E-state index contributed by atoms with van der Waals surface area (Å²) in [6, 6.07) is 8.75. The fourth-order valence-electron chi connectivity index (χ4n) is 3.45. The Labute approximate surface area is 154 Å². The van der Waals surface area contributed by atoms with Crippen LogP contribution in [-0.4, -0.2) is 21.3 Å². The summed E-state index contributed by atoms with van der Waals surface area (Å²) in [6.45, 7) is 0. The highest BCUT2D eigenvalue weighted by molar-refractivity contribution is 5.93. The number of aromatic nitrogens is 2. The van der Waals surface area contributed by atoms with Gasteiger partial charge in [0, 0.05) is 18.4 Å². The molecular formula is C20H18F3N3O. The fourth-order valence-corrected chi connectivity index (χ4v) is 3.45. The van der Waals surface area contributed by atoms with E-state index in [-0.39, 0.29) is 11.9 Å². The molecule has 1 N–H and O–H groups in total. The molecule has 1 aliphatic carbocycles. The van der Waals surface area contributed by atoms with Crippen LogP contribution in [0.1, 0.15) is 41.7 Å². The van der Waals surface area contributed by atoms with Gasteiger partial charge in [-0.05, 0) is 48.2 Å². The molecule has 0 atom stereocenters. The Kier molecular flexibility index (Phi) is 4.37. The summed E-state index contributed by atoms with van der Waals surface area (Å²) in [5, 5.41) is 3.00. The van der Waals surface area contributed by atoms with Gasteiger partial charge in [-0.3, -0.25) is 4.79 Å². The highest BCUT2D eigenvalue weighted by Gasteiger charge is 2.30. The molecule has 140 valence electrons. The van der Waals surface area contributed by atoms with E-state index in [4.69, 9.17) is 0 Å². The van der Waals surface area contributed by atoms with Crippen molar-refractivity contribution in [3.05, 3.63) is 60.0 Å². The van der Waals surface area contributed by atoms with Crippen molar-refractivity contribution < 1.29 is 18.0 Å². The number of hydrogen-bond donors (Lipinski definition) is 1. The Balaban J connectivity index is 1.58. The molecule has 27 heavy (non-hydrogen) atoms. The number of alkyl halides is 3. The van der Waals surface area contributed by atoms with Crippen molar-refractivity contribution in [3.8, 4) is 11.1 Å². The van der Waals surface area contributed by atoms with Crippen LogP contribution in [0, 0.1) is 0 Å². The molecule has 1 aromatic carbocycles. The average Bonchev–Trinajstić information content (AvgIpc) is 3.29. The maximum absolute atomic E-state index is 12.7. The molecule has 3 aromatic rings. The Hall–Kier alpha value is -2.83. The molecule has 1 amide bonds. The van der Waals surface area contributed by atoms with E-state index in [0.29, 0.717) is 16.9 Å². The first-order chi connectivity index (χ1) is 12.9. The van der Waals surface area contributed by atoms with Gasteiger partial charge < -0.3 is 9.72 Å². The number of imidazole rings is 1. The van der Waals surface area contributed by atoms with E-state index in [9.17, 15) is 18.0 Å². The number of nitrogens with one attached hydrogen (secondary N) is 1. The van der Waals surface area contributed by atoms with Gasteiger partial charge in [0.15, 0.2) is 0 Å². The first kappa shape index (κ1) is 17.6. The van der Waals surface area contributed by atoms with Crippen LogP contribution in [0.5, 0.6) is 0 Å². The van der Waals surface area contributed by atoms with E-state index in [1.54, 1.807) is 28.9 Å². The second-order valence-electron chi connectivity index (χ2n) is 6.84. The zero-order chi connectivity index (χ0) is 19.0. The first-order valence-corrected chi connectivity index (χ1v) is 8.87. The van der Waals surface area contributed by atoms with Crippen molar-refractivity contribution in [3.63, 3.8) is 0 Å². The second kappa shape index (κ2) is 6.72. The number of fused-ring (bicyclic) bond motifs is 1. The molecule has 4 nitrogen and oxygen atoms in total. The number of carbonyl (C=O) groups is 1. The SMILES string of the molecule is O=C(NC1CCCC1)c1cn2cc(-c3ccc(C(F)(F)F)cc3)ccc2n1. The zero-order valence-corrected chi connectivity index (χ0v) is 14.5. The van der Waals surface area contributed by atoms with Crippen LogP contribution in [0.3, 0.4) is 0 Å². The largest absolute Gasteiger partial charge is 0.416 e. The molecule has 0 radical (unpaired) electrons. The van der Waals surface area contributed by atoms with Gasteiger partial charge in [0.2, 0.25) is 0 Å². The van der Waals surface area contributed by atoms with E-state index in [1.165, 1.54) is 12.1 Å². The quantitative estimate of drug-likeness (QED) is 0.724. The number of rotatable bonds is 3. The predicted octanol–water partition coefficient (Wildman–Crippen LogP) is 4.69. The summed E-state index contributed by atoms with van der Waals surface area (Å²) in [4.78, 5) is 16.7. The lowest BCUT2D eigenvalue weighted by molar-refractivity contribution is -0.137. The smallest absolute Gasteiger partial charge is 0.348 e. The molecule has 0 aliphatic heterocycles. The fraction of sp³-hybridized carbons (Fsp3) is 0.300. The van der Waals surface area contributed by atoms with Crippen molar-refractivity contribution >= 4 is 11.6 Å². The molecule has 0 bridgehead atoms. The summed E-state index contributed by atoms with van der Waals surface area (Å²) in [6.07, 6.45) is 3.31. The van der Waals surface area contributed by atoms with Crippen molar-refractivity contribution in [1.29, 1.82) is 0 Å². The standard InChI is InChI=1S/C20H18F3N3O/c21-20(22,23)15-8-5-13(6-9-15)14-7-10-18-25-17(12-26(18)11-14)19(27)24-16-3-1-2-4-16/h5-12,16H,1-4H2,(H,24,27). The molecule has 0 saturated heterocycles. The Morgan fingerprint density at radius 2 is 1.67 bits per heavy atom. The second-order valence-corrected chi connectivity index (χ2v) is 6.84. The molecule has 1 fully saturated rings. The zero-order valence-electron chi connectivity index (χ0n) is 14.5. The summed E-state index contributed by atoms with van der Waals surface area (Å²) in [7, 11) is 0. The minimum atomic E-state index is -4.35. The van der Waals surface area contributed by atoms with E-state index in [0.717, 1.165) is 43.4 Å². The third-order valence-corrected chi connectivity index (χ3v) is 4.92. The molecule has 7 heteroatoms. The third kappa shape index (κ3) is 3.67. The molecule has 1 saturated carbocycles. The maximum Gasteiger partial charge on any atom is 0.416 e. The molecule has 0 spiro atoms. The van der Waals surface area contributed by atoms with E-state index >= 15 is 0 Å². The van der Waals surface area contributed by atoms with Crippen LogP contribution in [0.4, 0.5) is 13.2 Å². The van der Waals surface area contributed by atoms with Crippen molar-refractivity contribution in [1.82, 2.24) is 14.7 Å². The van der Waals surface area contributed by atoms with Gasteiger partial charge in [-0.1, -0.05) is 25.0 Å². The molecule has 2 heterocycles. The van der Waals surface area contributed by atoms with Crippen LogP contribution in [-0.2, 0) is 6.18 Å². The summed E-state index contributed by atoms with van der Waals surface area (Å²) >= 11 is 0. The summed E-state index contributed by atoms with van der Waals surface area (Å²) < 4.78 is 39.8. The van der Waals surface area contributed by atoms with Gasteiger partial charge in [-0.25, -0.2) is 4.98 Å². The minimum Gasteiger partial charge on any atom is -0.348 e. The van der Waals surface area contributed by atoms with Crippen LogP contribution < -0.4 is 5.32 Å². The van der Waals surface area contributed by atoms with Crippen molar-refractivity contribution in [2.24, 2.45) is 0 Å². The van der Waals surface area contributed by atoms with Crippen LogP contribution in [0.15, 0.2) is 48.8 Å². The monoisotopic (exact) mass is 373 g/mol. The van der Waals surface area contributed by atoms with Gasteiger partial charge in [0.05, 0.1) is 5.56 Å². The van der Waals surface area contributed by atoms with Crippen LogP contribution in [0.25, 0.3) is 16.8 Å². The predicted molar refractivity (Wildman–Crippen MR) is 95.4 cm³/mol. The Morgan fingerprint density at radius 3 is 2.33 bits per heavy atom.